The summed E-state index contributed by atoms with van der Waals surface area (Å²) >= 11 is 0. The van der Waals surface area contributed by atoms with E-state index in [-0.39, 0.29) is 0 Å². The second-order valence-corrected chi connectivity index (χ2v) is 8.38. The van der Waals surface area contributed by atoms with E-state index in [4.69, 9.17) is 5.26 Å². The van der Waals surface area contributed by atoms with E-state index in [1.807, 2.05) is 0 Å². The Balaban J connectivity index is 1.47. The van der Waals surface area contributed by atoms with Crippen molar-refractivity contribution < 1.29 is 0 Å². The molecule has 0 radical (unpaired) electrons. The van der Waals surface area contributed by atoms with Crippen LogP contribution in [0.25, 0.3) is 0 Å². The normalized spacial score (nSPS) is 26.3. The van der Waals surface area contributed by atoms with E-state index >= 15 is 0 Å². The lowest BCUT2D eigenvalue weighted by Crippen LogP contribution is -2.43. The predicted molar refractivity (Wildman–Crippen MR) is 103 cm³/mol. The zero-order valence-corrected chi connectivity index (χ0v) is 16.1. The Labute approximate surface area is 151 Å². The maximum absolute atomic E-state index is 9.03. The van der Waals surface area contributed by atoms with Gasteiger partial charge in [0.1, 0.15) is 0 Å². The van der Waals surface area contributed by atoms with Crippen molar-refractivity contribution in [3.63, 3.8) is 0 Å². The topological polar surface area (TPSA) is 27.0 Å². The number of rotatable bonds is 10. The number of hydrogen-bond acceptors (Lipinski definition) is 2. The molecule has 24 heavy (non-hydrogen) atoms. The molecule has 0 amide bonds. The first-order chi connectivity index (χ1) is 11.8. The molecule has 0 unspecified atom stereocenters. The van der Waals surface area contributed by atoms with Gasteiger partial charge < -0.3 is 4.90 Å². The van der Waals surface area contributed by atoms with Gasteiger partial charge in [-0.15, -0.1) is 0 Å². The van der Waals surface area contributed by atoms with Crippen LogP contribution in [0.3, 0.4) is 0 Å². The van der Waals surface area contributed by atoms with Crippen molar-refractivity contribution in [1.82, 2.24) is 4.90 Å². The van der Waals surface area contributed by atoms with Crippen LogP contribution in [0, 0.1) is 23.2 Å². The second kappa shape index (κ2) is 11.9. The largest absolute Gasteiger partial charge is 0.300 e. The Morgan fingerprint density at radius 3 is 1.96 bits per heavy atom. The molecule has 138 valence electrons. The fraction of sp³-hybridized carbons (Fsp3) is 0.955. The summed E-state index contributed by atoms with van der Waals surface area (Å²) in [6.07, 6.45) is 20.7. The fourth-order valence-electron chi connectivity index (χ4n) is 4.74. The highest BCUT2D eigenvalue weighted by molar-refractivity contribution is 4.90. The maximum atomic E-state index is 9.03. The van der Waals surface area contributed by atoms with Crippen LogP contribution in [0.5, 0.6) is 0 Å². The molecule has 1 aliphatic heterocycles. The Kier molecular flexibility index (Phi) is 9.81. The van der Waals surface area contributed by atoms with Gasteiger partial charge in [0.2, 0.25) is 0 Å². The number of likely N-dealkylation sites (tertiary alicyclic amines) is 1. The highest BCUT2D eigenvalue weighted by Crippen LogP contribution is 2.31. The van der Waals surface area contributed by atoms with Gasteiger partial charge in [-0.2, -0.15) is 5.26 Å². The summed E-state index contributed by atoms with van der Waals surface area (Å²) in [7, 11) is 0. The lowest BCUT2D eigenvalue weighted by atomic mass is 9.84. The van der Waals surface area contributed by atoms with Gasteiger partial charge in [-0.3, -0.25) is 0 Å². The zero-order valence-electron chi connectivity index (χ0n) is 16.1. The molecule has 0 atom stereocenters. The molecule has 0 N–H and O–H groups in total. The second-order valence-electron chi connectivity index (χ2n) is 8.38. The molecule has 2 rings (SSSR count). The van der Waals surface area contributed by atoms with Crippen LogP contribution in [0.2, 0.25) is 0 Å². The smallest absolute Gasteiger partial charge is 0.0655 e. The van der Waals surface area contributed by atoms with Crippen LogP contribution in [0.4, 0.5) is 0 Å². The van der Waals surface area contributed by atoms with Gasteiger partial charge in [0.15, 0.2) is 0 Å². The first kappa shape index (κ1) is 19.8. The molecular weight excluding hydrogens is 292 g/mol. The van der Waals surface area contributed by atoms with E-state index in [1.165, 1.54) is 96.6 Å². The van der Waals surface area contributed by atoms with Crippen molar-refractivity contribution in [3.8, 4) is 6.07 Å². The Bertz CT molecular complexity index is 343. The molecule has 1 saturated heterocycles. The third-order valence-corrected chi connectivity index (χ3v) is 6.51. The van der Waals surface area contributed by atoms with Gasteiger partial charge in [0, 0.05) is 12.0 Å². The molecule has 1 aliphatic carbocycles. The van der Waals surface area contributed by atoms with Gasteiger partial charge in [-0.1, -0.05) is 64.7 Å². The summed E-state index contributed by atoms with van der Waals surface area (Å²) in [5.74, 6) is 1.34. The number of piperidine rings is 1. The third kappa shape index (κ3) is 7.14. The molecular formula is C22H40N2. The Hall–Kier alpha value is -0.550. The molecule has 0 bridgehead atoms. The molecule has 0 aromatic rings. The van der Waals surface area contributed by atoms with E-state index in [0.29, 0.717) is 5.92 Å². The number of hydrogen-bond donors (Lipinski definition) is 0. The van der Waals surface area contributed by atoms with Crippen molar-refractivity contribution in [2.24, 2.45) is 11.8 Å². The monoisotopic (exact) mass is 332 g/mol. The standard InChI is InChI=1S/C22H40N2/c1-2-3-4-5-6-7-8-9-10-20-15-17-24(18-16-20)22-13-11-21(19-23)12-14-22/h20-22H,2-18H2,1H3/t21-,22-. The summed E-state index contributed by atoms with van der Waals surface area (Å²) in [4.78, 5) is 2.75. The molecule has 0 aromatic carbocycles. The molecule has 0 spiro atoms. The van der Waals surface area contributed by atoms with Gasteiger partial charge in [0.05, 0.1) is 6.07 Å². The van der Waals surface area contributed by atoms with Crippen LogP contribution in [0.15, 0.2) is 0 Å². The first-order valence-electron chi connectivity index (χ1n) is 11.0. The Morgan fingerprint density at radius 2 is 1.38 bits per heavy atom. The fourth-order valence-corrected chi connectivity index (χ4v) is 4.74. The zero-order chi connectivity index (χ0) is 17.0. The van der Waals surface area contributed by atoms with Crippen molar-refractivity contribution in [1.29, 1.82) is 5.26 Å². The van der Waals surface area contributed by atoms with Crippen LogP contribution in [-0.2, 0) is 0 Å². The number of nitriles is 1. The minimum atomic E-state index is 0.348. The van der Waals surface area contributed by atoms with Crippen LogP contribution >= 0.6 is 0 Å². The third-order valence-electron chi connectivity index (χ3n) is 6.51. The van der Waals surface area contributed by atoms with Crippen molar-refractivity contribution in [2.75, 3.05) is 13.1 Å². The van der Waals surface area contributed by atoms with Crippen LogP contribution in [0.1, 0.15) is 103 Å². The molecule has 2 heteroatoms. The minimum Gasteiger partial charge on any atom is -0.300 e. The summed E-state index contributed by atoms with van der Waals surface area (Å²) < 4.78 is 0. The van der Waals surface area contributed by atoms with E-state index in [1.54, 1.807) is 0 Å². The highest BCUT2D eigenvalue weighted by atomic mass is 15.2. The summed E-state index contributed by atoms with van der Waals surface area (Å²) in [5.41, 5.74) is 0. The SMILES string of the molecule is CCCCCCCCCCC1CCN([C@H]2CC[C@H](C#N)CC2)CC1. The van der Waals surface area contributed by atoms with E-state index < -0.39 is 0 Å². The Morgan fingerprint density at radius 1 is 0.792 bits per heavy atom. The number of nitrogens with zero attached hydrogens (tertiary/aromatic N) is 2. The minimum absolute atomic E-state index is 0.348. The molecule has 1 saturated carbocycles. The lowest BCUT2D eigenvalue weighted by Gasteiger charge is -2.40. The lowest BCUT2D eigenvalue weighted by molar-refractivity contribution is 0.0975. The van der Waals surface area contributed by atoms with Gasteiger partial charge in [-0.05, 0) is 57.5 Å². The van der Waals surface area contributed by atoms with Gasteiger partial charge >= 0.3 is 0 Å². The average molecular weight is 333 g/mol. The molecule has 2 nitrogen and oxygen atoms in total. The van der Waals surface area contributed by atoms with Crippen LogP contribution < -0.4 is 0 Å². The summed E-state index contributed by atoms with van der Waals surface area (Å²) in [6.45, 7) is 4.94. The summed E-state index contributed by atoms with van der Waals surface area (Å²) in [6, 6.07) is 3.25. The van der Waals surface area contributed by atoms with Gasteiger partial charge in [0.25, 0.3) is 0 Å². The molecule has 2 aliphatic rings. The van der Waals surface area contributed by atoms with Crippen molar-refractivity contribution in [2.45, 2.75) is 109 Å². The van der Waals surface area contributed by atoms with E-state index in [9.17, 15) is 0 Å². The van der Waals surface area contributed by atoms with Crippen molar-refractivity contribution >= 4 is 0 Å². The highest BCUT2D eigenvalue weighted by Gasteiger charge is 2.28. The van der Waals surface area contributed by atoms with Crippen LogP contribution in [-0.4, -0.2) is 24.0 Å². The maximum Gasteiger partial charge on any atom is 0.0655 e. The molecule has 1 heterocycles. The average Bonchev–Trinajstić information content (AvgIpc) is 2.64. The quantitative estimate of drug-likeness (QED) is 0.438. The van der Waals surface area contributed by atoms with E-state index in [2.05, 4.69) is 17.9 Å². The van der Waals surface area contributed by atoms with Gasteiger partial charge in [-0.25, -0.2) is 0 Å². The predicted octanol–water partition coefficient (Wildman–Crippen LogP) is 6.31. The summed E-state index contributed by atoms with van der Waals surface area (Å²) in [5, 5.41) is 9.03. The molecule has 0 aromatic heterocycles. The van der Waals surface area contributed by atoms with Crippen molar-refractivity contribution in [3.05, 3.63) is 0 Å². The molecule has 2 fully saturated rings. The van der Waals surface area contributed by atoms with E-state index in [0.717, 1.165) is 24.8 Å². The first-order valence-corrected chi connectivity index (χ1v) is 11.0. The number of unbranched alkanes of at least 4 members (excludes halogenated alkanes) is 7.